The average Bonchev–Trinajstić information content (AvgIpc) is 2.50. The van der Waals surface area contributed by atoms with Gasteiger partial charge in [-0.05, 0) is 24.3 Å². The summed E-state index contributed by atoms with van der Waals surface area (Å²) in [5, 5.41) is 19.0. The summed E-state index contributed by atoms with van der Waals surface area (Å²) < 4.78 is 0. The lowest BCUT2D eigenvalue weighted by atomic mass is 9.74. The highest BCUT2D eigenvalue weighted by Crippen LogP contribution is 2.34. The van der Waals surface area contributed by atoms with Crippen molar-refractivity contribution in [2.45, 2.75) is 65.2 Å². The van der Waals surface area contributed by atoms with Gasteiger partial charge >= 0.3 is 11.9 Å². The molecule has 0 saturated heterocycles. The number of carboxylic acids is 2. The van der Waals surface area contributed by atoms with Gasteiger partial charge in [0.2, 0.25) is 0 Å². The van der Waals surface area contributed by atoms with Crippen molar-refractivity contribution in [3.8, 4) is 0 Å². The lowest BCUT2D eigenvalue weighted by Gasteiger charge is -2.28. The number of carboxylic acid groups (broad SMARTS) is 2. The minimum Gasteiger partial charge on any atom is -0.481 e. The summed E-state index contributed by atoms with van der Waals surface area (Å²) in [5.74, 6) is -1.36. The Morgan fingerprint density at radius 2 is 1.62 bits per heavy atom. The number of hydrogen-bond donors (Lipinski definition) is 2. The van der Waals surface area contributed by atoms with Crippen LogP contribution in [0.1, 0.15) is 64.4 Å². The Bertz CT molecular complexity index is 510. The summed E-state index contributed by atoms with van der Waals surface area (Å²) in [6.07, 6.45) is 5.46. The van der Waals surface area contributed by atoms with Crippen LogP contribution in [0.25, 0.3) is 0 Å². The van der Waals surface area contributed by atoms with Gasteiger partial charge in [-0.15, -0.1) is 0 Å². The molecule has 0 fully saturated rings. The summed E-state index contributed by atoms with van der Waals surface area (Å²) >= 11 is 0. The van der Waals surface area contributed by atoms with Crippen LogP contribution in [-0.2, 0) is 16.0 Å². The van der Waals surface area contributed by atoms with Gasteiger partial charge in [-0.25, -0.2) is 0 Å². The van der Waals surface area contributed by atoms with E-state index in [9.17, 15) is 19.8 Å². The molecule has 0 radical (unpaired) electrons. The highest BCUT2D eigenvalue weighted by atomic mass is 16.4. The fourth-order valence-corrected chi connectivity index (χ4v) is 3.14. The molecule has 24 heavy (non-hydrogen) atoms. The third kappa shape index (κ3) is 7.16. The lowest BCUT2D eigenvalue weighted by molar-refractivity contribution is -0.156. The molecule has 4 heteroatoms. The molecule has 0 bridgehead atoms. The van der Waals surface area contributed by atoms with Crippen LogP contribution in [0.3, 0.4) is 0 Å². The van der Waals surface area contributed by atoms with Gasteiger partial charge in [-0.1, -0.05) is 76.3 Å². The van der Waals surface area contributed by atoms with E-state index >= 15 is 0 Å². The van der Waals surface area contributed by atoms with Crippen molar-refractivity contribution in [1.29, 1.82) is 0 Å². The van der Waals surface area contributed by atoms with Crippen molar-refractivity contribution < 1.29 is 19.8 Å². The maximum absolute atomic E-state index is 11.9. The van der Waals surface area contributed by atoms with Crippen LogP contribution in [0.15, 0.2) is 30.3 Å². The van der Waals surface area contributed by atoms with Crippen molar-refractivity contribution in [3.05, 3.63) is 35.9 Å². The minimum absolute atomic E-state index is 0.265. The molecule has 1 rings (SSSR count). The van der Waals surface area contributed by atoms with Crippen LogP contribution >= 0.6 is 0 Å². The molecule has 2 N–H and O–H groups in total. The minimum atomic E-state index is -1.22. The van der Waals surface area contributed by atoms with E-state index in [1.54, 1.807) is 0 Å². The Hall–Kier alpha value is -1.84. The second kappa shape index (κ2) is 10.1. The van der Waals surface area contributed by atoms with Gasteiger partial charge in [-0.3, -0.25) is 9.59 Å². The number of carbonyl (C=O) groups is 2. The highest BCUT2D eigenvalue weighted by molar-refractivity contribution is 5.81. The van der Waals surface area contributed by atoms with Gasteiger partial charge in [0.15, 0.2) is 0 Å². The van der Waals surface area contributed by atoms with Gasteiger partial charge in [-0.2, -0.15) is 0 Å². The predicted octanol–water partition coefficient (Wildman–Crippen LogP) is 4.77. The molecule has 0 heterocycles. The monoisotopic (exact) mass is 334 g/mol. The molecular weight excluding hydrogens is 304 g/mol. The first kappa shape index (κ1) is 20.2. The van der Waals surface area contributed by atoms with Gasteiger partial charge in [0.25, 0.3) is 0 Å². The zero-order valence-corrected chi connectivity index (χ0v) is 14.8. The molecule has 134 valence electrons. The molecule has 0 aliphatic carbocycles. The van der Waals surface area contributed by atoms with E-state index in [2.05, 4.69) is 13.8 Å². The Morgan fingerprint density at radius 1 is 1.00 bits per heavy atom. The molecule has 0 saturated carbocycles. The number of benzene rings is 1. The fraction of sp³-hybridized carbons (Fsp3) is 0.600. The van der Waals surface area contributed by atoms with Crippen LogP contribution < -0.4 is 0 Å². The molecule has 1 aromatic rings. The number of hydrogen-bond acceptors (Lipinski definition) is 2. The maximum atomic E-state index is 11.9. The first-order valence-corrected chi connectivity index (χ1v) is 8.85. The topological polar surface area (TPSA) is 74.6 Å². The summed E-state index contributed by atoms with van der Waals surface area (Å²) in [5.41, 5.74) is -0.341. The van der Waals surface area contributed by atoms with Crippen molar-refractivity contribution in [2.24, 2.45) is 11.3 Å². The molecule has 0 aliphatic heterocycles. The molecule has 4 nitrogen and oxygen atoms in total. The van der Waals surface area contributed by atoms with E-state index in [0.717, 1.165) is 31.2 Å². The van der Waals surface area contributed by atoms with Crippen molar-refractivity contribution in [3.63, 3.8) is 0 Å². The zero-order chi connectivity index (χ0) is 18.0. The van der Waals surface area contributed by atoms with Crippen molar-refractivity contribution >= 4 is 11.9 Å². The Labute approximate surface area is 144 Å². The summed E-state index contributed by atoms with van der Waals surface area (Å²) in [7, 11) is 0. The highest BCUT2D eigenvalue weighted by Gasteiger charge is 2.40. The van der Waals surface area contributed by atoms with E-state index in [4.69, 9.17) is 0 Å². The molecule has 1 atom stereocenters. The van der Waals surface area contributed by atoms with Crippen molar-refractivity contribution in [2.75, 3.05) is 0 Å². The smallest absolute Gasteiger partial charge is 0.310 e. The fourth-order valence-electron chi connectivity index (χ4n) is 3.14. The van der Waals surface area contributed by atoms with E-state index in [1.165, 1.54) is 6.42 Å². The first-order valence-electron chi connectivity index (χ1n) is 8.85. The summed E-state index contributed by atoms with van der Waals surface area (Å²) in [4.78, 5) is 23.2. The second-order valence-corrected chi connectivity index (χ2v) is 7.17. The first-order chi connectivity index (χ1) is 11.4. The van der Waals surface area contributed by atoms with Crippen LogP contribution in [0.5, 0.6) is 0 Å². The third-order valence-corrected chi connectivity index (χ3v) is 4.52. The quantitative estimate of drug-likeness (QED) is 0.540. The van der Waals surface area contributed by atoms with Gasteiger partial charge < -0.3 is 10.2 Å². The second-order valence-electron chi connectivity index (χ2n) is 7.17. The molecule has 0 amide bonds. The molecule has 1 unspecified atom stereocenters. The largest absolute Gasteiger partial charge is 0.481 e. The van der Waals surface area contributed by atoms with E-state index in [-0.39, 0.29) is 12.8 Å². The van der Waals surface area contributed by atoms with Crippen molar-refractivity contribution in [1.82, 2.24) is 0 Å². The maximum Gasteiger partial charge on any atom is 0.310 e. The predicted molar refractivity (Wildman–Crippen MR) is 95.0 cm³/mol. The SMILES string of the molecule is CC(C)CCCCCCC(CC(=O)O)(Cc1ccccc1)C(=O)O. The van der Waals surface area contributed by atoms with Crippen LogP contribution in [-0.4, -0.2) is 22.2 Å². The van der Waals surface area contributed by atoms with Gasteiger partial charge in [0.05, 0.1) is 11.8 Å². The number of rotatable bonds is 12. The zero-order valence-electron chi connectivity index (χ0n) is 14.8. The number of aliphatic carboxylic acids is 2. The molecular formula is C20H30O4. The molecule has 0 aliphatic rings. The average molecular weight is 334 g/mol. The molecule has 0 aromatic heterocycles. The van der Waals surface area contributed by atoms with E-state index in [0.29, 0.717) is 12.3 Å². The molecule has 1 aromatic carbocycles. The third-order valence-electron chi connectivity index (χ3n) is 4.52. The van der Waals surface area contributed by atoms with Crippen LogP contribution in [0.2, 0.25) is 0 Å². The van der Waals surface area contributed by atoms with Gasteiger partial charge in [0.1, 0.15) is 0 Å². The van der Waals surface area contributed by atoms with E-state index < -0.39 is 17.4 Å². The summed E-state index contributed by atoms with van der Waals surface area (Å²) in [6.45, 7) is 4.39. The van der Waals surface area contributed by atoms with E-state index in [1.807, 2.05) is 30.3 Å². The van der Waals surface area contributed by atoms with Crippen LogP contribution in [0, 0.1) is 11.3 Å². The number of unbranched alkanes of at least 4 members (excludes halogenated alkanes) is 3. The summed E-state index contributed by atoms with van der Waals surface area (Å²) in [6, 6.07) is 9.31. The normalized spacial score (nSPS) is 13.6. The standard InChI is InChI=1S/C20H30O4/c1-16(2)10-6-3-4-9-13-20(19(23)24,15-18(21)22)14-17-11-7-5-8-12-17/h5,7-8,11-12,16H,3-4,6,9-10,13-15H2,1-2H3,(H,21,22)(H,23,24). The van der Waals surface area contributed by atoms with Crippen LogP contribution in [0.4, 0.5) is 0 Å². The lowest BCUT2D eigenvalue weighted by Crippen LogP contribution is -2.36. The van der Waals surface area contributed by atoms with Gasteiger partial charge in [0, 0.05) is 0 Å². The molecule has 0 spiro atoms. The Balaban J connectivity index is 2.69. The Kier molecular flexibility index (Phi) is 8.51. The Morgan fingerprint density at radius 3 is 2.17 bits per heavy atom.